The van der Waals surface area contributed by atoms with Crippen molar-refractivity contribution in [3.05, 3.63) is 40.4 Å². The van der Waals surface area contributed by atoms with Gasteiger partial charge in [-0.3, -0.25) is 4.79 Å². The van der Waals surface area contributed by atoms with Crippen molar-refractivity contribution in [1.29, 1.82) is 5.26 Å². The summed E-state index contributed by atoms with van der Waals surface area (Å²) in [6.45, 7) is 7.60. The van der Waals surface area contributed by atoms with E-state index in [2.05, 4.69) is 27.8 Å². The van der Waals surface area contributed by atoms with Crippen molar-refractivity contribution in [3.63, 3.8) is 0 Å². The van der Waals surface area contributed by atoms with Crippen LogP contribution in [0.4, 0.5) is 0 Å². The number of nitrogens with zero attached hydrogens (tertiary/aromatic N) is 1. The summed E-state index contributed by atoms with van der Waals surface area (Å²) in [5, 5.41) is 11.9. The molecule has 1 amide bonds. The fourth-order valence-electron chi connectivity index (χ4n) is 1.76. The van der Waals surface area contributed by atoms with E-state index < -0.39 is 5.91 Å². The Hall–Kier alpha value is -2.26. The van der Waals surface area contributed by atoms with Gasteiger partial charge in [-0.2, -0.15) is 5.26 Å². The van der Waals surface area contributed by atoms with Crippen molar-refractivity contribution < 1.29 is 14.3 Å². The molecule has 122 valence electrons. The number of rotatable bonds is 7. The highest BCUT2D eigenvalue weighted by atomic mass is 79.9. The molecule has 0 atom stereocenters. The summed E-state index contributed by atoms with van der Waals surface area (Å²) in [4.78, 5) is 12.0. The molecule has 0 spiro atoms. The van der Waals surface area contributed by atoms with Crippen molar-refractivity contribution in [3.8, 4) is 17.6 Å². The summed E-state index contributed by atoms with van der Waals surface area (Å²) in [5.41, 5.74) is 0.669. The lowest BCUT2D eigenvalue weighted by Crippen LogP contribution is -2.30. The normalized spacial score (nSPS) is 10.9. The first-order valence-corrected chi connectivity index (χ1v) is 7.76. The van der Waals surface area contributed by atoms with E-state index >= 15 is 0 Å². The van der Waals surface area contributed by atoms with E-state index in [1.165, 1.54) is 13.2 Å². The molecule has 1 aromatic carbocycles. The number of carbonyl (C=O) groups is 1. The van der Waals surface area contributed by atoms with E-state index in [4.69, 9.17) is 9.47 Å². The summed E-state index contributed by atoms with van der Waals surface area (Å²) in [7, 11) is 1.52. The lowest BCUT2D eigenvalue weighted by Gasteiger charge is -2.12. The molecule has 0 unspecified atom stereocenters. The van der Waals surface area contributed by atoms with E-state index in [-0.39, 0.29) is 11.6 Å². The Kier molecular flexibility index (Phi) is 7.36. The van der Waals surface area contributed by atoms with Gasteiger partial charge in [-0.15, -0.1) is 0 Å². The molecule has 0 saturated carbocycles. The molecule has 1 aromatic rings. The molecule has 23 heavy (non-hydrogen) atoms. The molecule has 1 rings (SSSR count). The summed E-state index contributed by atoms with van der Waals surface area (Å²) in [6, 6.07) is 5.31. The van der Waals surface area contributed by atoms with Crippen LogP contribution in [-0.2, 0) is 4.79 Å². The van der Waals surface area contributed by atoms with Crippen molar-refractivity contribution >= 4 is 27.9 Å². The van der Waals surface area contributed by atoms with Crippen LogP contribution in [-0.4, -0.2) is 25.7 Å². The van der Waals surface area contributed by atoms with Crippen LogP contribution in [0.5, 0.6) is 11.5 Å². The van der Waals surface area contributed by atoms with Gasteiger partial charge in [-0.25, -0.2) is 0 Å². The smallest absolute Gasteiger partial charge is 0.262 e. The Balaban J connectivity index is 3.20. The predicted molar refractivity (Wildman–Crippen MR) is 93.3 cm³/mol. The Morgan fingerprint density at radius 1 is 1.52 bits per heavy atom. The topological polar surface area (TPSA) is 71.3 Å². The molecule has 0 heterocycles. The molecule has 0 radical (unpaired) electrons. The maximum atomic E-state index is 12.0. The van der Waals surface area contributed by atoms with Crippen molar-refractivity contribution in [2.45, 2.75) is 19.9 Å². The second kappa shape index (κ2) is 9.01. The largest absolute Gasteiger partial charge is 0.493 e. The van der Waals surface area contributed by atoms with E-state index in [1.807, 2.05) is 19.9 Å². The van der Waals surface area contributed by atoms with Crippen LogP contribution < -0.4 is 14.8 Å². The van der Waals surface area contributed by atoms with Gasteiger partial charge in [-0.1, -0.05) is 12.7 Å². The molecule has 0 aliphatic rings. The van der Waals surface area contributed by atoms with Gasteiger partial charge in [0.05, 0.1) is 11.6 Å². The molecule has 0 fully saturated rings. The molecular formula is C17H19BrN2O3. The SMILES string of the molecule is C=CCOc1c(Br)cc(/C=C(\C#N)C(=O)NC(C)C)cc1OC. The zero-order chi connectivity index (χ0) is 17.4. The zero-order valence-corrected chi connectivity index (χ0v) is 14.9. The minimum Gasteiger partial charge on any atom is -0.493 e. The fraction of sp³-hybridized carbons (Fsp3) is 0.294. The molecule has 1 N–H and O–H groups in total. The maximum absolute atomic E-state index is 12.0. The molecule has 0 aliphatic carbocycles. The first-order valence-electron chi connectivity index (χ1n) is 6.96. The maximum Gasteiger partial charge on any atom is 0.262 e. The monoisotopic (exact) mass is 378 g/mol. The van der Waals surface area contributed by atoms with Crippen LogP contribution in [0, 0.1) is 11.3 Å². The number of amides is 1. The highest BCUT2D eigenvalue weighted by molar-refractivity contribution is 9.10. The molecule has 0 saturated heterocycles. The van der Waals surface area contributed by atoms with Gasteiger partial charge in [0.2, 0.25) is 0 Å². The Morgan fingerprint density at radius 3 is 2.74 bits per heavy atom. The Labute approximate surface area is 144 Å². The lowest BCUT2D eigenvalue weighted by atomic mass is 10.1. The van der Waals surface area contributed by atoms with Crippen molar-refractivity contribution in [2.75, 3.05) is 13.7 Å². The second-order valence-electron chi connectivity index (χ2n) is 4.93. The van der Waals surface area contributed by atoms with Crippen LogP contribution in [0.25, 0.3) is 6.08 Å². The number of carbonyl (C=O) groups excluding carboxylic acids is 1. The van der Waals surface area contributed by atoms with E-state index in [9.17, 15) is 10.1 Å². The second-order valence-corrected chi connectivity index (χ2v) is 5.79. The van der Waals surface area contributed by atoms with Gasteiger partial charge >= 0.3 is 0 Å². The minimum absolute atomic E-state index is 0.0208. The summed E-state index contributed by atoms with van der Waals surface area (Å²) in [5.74, 6) is 0.619. The minimum atomic E-state index is -0.412. The number of hydrogen-bond acceptors (Lipinski definition) is 4. The van der Waals surface area contributed by atoms with Gasteiger partial charge in [0.1, 0.15) is 18.2 Å². The van der Waals surface area contributed by atoms with Crippen LogP contribution in [0.3, 0.4) is 0 Å². The van der Waals surface area contributed by atoms with Gasteiger partial charge in [0, 0.05) is 6.04 Å². The predicted octanol–water partition coefficient (Wildman–Crippen LogP) is 3.45. The average molecular weight is 379 g/mol. The first-order chi connectivity index (χ1) is 10.9. The van der Waals surface area contributed by atoms with Crippen molar-refractivity contribution in [1.82, 2.24) is 5.32 Å². The quantitative estimate of drug-likeness (QED) is 0.448. The molecule has 5 nitrogen and oxygen atoms in total. The van der Waals surface area contributed by atoms with E-state index in [0.29, 0.717) is 28.1 Å². The number of halogens is 1. The number of hydrogen-bond donors (Lipinski definition) is 1. The van der Waals surface area contributed by atoms with Crippen LogP contribution in [0.1, 0.15) is 19.4 Å². The fourth-order valence-corrected chi connectivity index (χ4v) is 2.33. The van der Waals surface area contributed by atoms with Crippen LogP contribution >= 0.6 is 15.9 Å². The highest BCUT2D eigenvalue weighted by Gasteiger charge is 2.14. The third kappa shape index (κ3) is 5.46. The summed E-state index contributed by atoms with van der Waals surface area (Å²) >= 11 is 3.41. The number of methoxy groups -OCH3 is 1. The number of nitriles is 1. The average Bonchev–Trinajstić information content (AvgIpc) is 2.50. The molecular weight excluding hydrogens is 360 g/mol. The third-order valence-electron chi connectivity index (χ3n) is 2.69. The van der Waals surface area contributed by atoms with Crippen LogP contribution in [0.15, 0.2) is 34.8 Å². The van der Waals surface area contributed by atoms with Gasteiger partial charge in [-0.05, 0) is 53.5 Å². The van der Waals surface area contributed by atoms with Gasteiger partial charge in [0.15, 0.2) is 11.5 Å². The van der Waals surface area contributed by atoms with E-state index in [1.54, 1.807) is 18.2 Å². The Bertz CT molecular complexity index is 661. The zero-order valence-electron chi connectivity index (χ0n) is 13.4. The molecule has 0 aliphatic heterocycles. The standard InChI is InChI=1S/C17H19BrN2O3/c1-5-6-23-16-14(18)8-12(9-15(16)22-4)7-13(10-19)17(21)20-11(2)3/h5,7-9,11H,1,6H2,2-4H3,(H,20,21)/b13-7+. The van der Waals surface area contributed by atoms with E-state index in [0.717, 1.165) is 0 Å². The summed E-state index contributed by atoms with van der Waals surface area (Å²) in [6.07, 6.45) is 3.13. The Morgan fingerprint density at radius 2 is 2.22 bits per heavy atom. The number of nitrogens with one attached hydrogen (secondary N) is 1. The molecule has 0 aromatic heterocycles. The molecule has 0 bridgehead atoms. The molecule has 6 heteroatoms. The first kappa shape index (κ1) is 18.8. The number of ether oxygens (including phenoxy) is 2. The van der Waals surface area contributed by atoms with Gasteiger partial charge in [0.25, 0.3) is 5.91 Å². The highest BCUT2D eigenvalue weighted by Crippen LogP contribution is 2.37. The van der Waals surface area contributed by atoms with Crippen molar-refractivity contribution in [2.24, 2.45) is 0 Å². The summed E-state index contributed by atoms with van der Waals surface area (Å²) < 4.78 is 11.5. The number of benzene rings is 1. The van der Waals surface area contributed by atoms with Gasteiger partial charge < -0.3 is 14.8 Å². The lowest BCUT2D eigenvalue weighted by molar-refractivity contribution is -0.117. The third-order valence-corrected chi connectivity index (χ3v) is 3.28. The van der Waals surface area contributed by atoms with Crippen LogP contribution in [0.2, 0.25) is 0 Å².